The van der Waals surface area contributed by atoms with Gasteiger partial charge in [0.25, 0.3) is 0 Å². The predicted molar refractivity (Wildman–Crippen MR) is 93.8 cm³/mol. The second kappa shape index (κ2) is 5.49. The van der Waals surface area contributed by atoms with Gasteiger partial charge < -0.3 is 14.9 Å². The van der Waals surface area contributed by atoms with Crippen molar-refractivity contribution in [2.45, 2.75) is 60.7 Å². The molecule has 3 unspecified atom stereocenters. The van der Waals surface area contributed by atoms with Crippen LogP contribution in [0.1, 0.15) is 31.2 Å². The molecule has 1 saturated carbocycles. The van der Waals surface area contributed by atoms with Crippen LogP contribution < -0.4 is 0 Å². The van der Waals surface area contributed by atoms with Crippen LogP contribution in [0.15, 0.2) is 35.9 Å². The monoisotopic (exact) mass is 345 g/mol. The minimum absolute atomic E-state index is 0.226. The number of ether oxygens (including phenoxy) is 1. The summed E-state index contributed by atoms with van der Waals surface area (Å²) in [6.07, 6.45) is 5.92. The van der Waals surface area contributed by atoms with Crippen molar-refractivity contribution in [3.8, 4) is 5.75 Å². The Balaban J connectivity index is 1.39. The Labute approximate surface area is 146 Å². The molecule has 1 spiro atoms. The van der Waals surface area contributed by atoms with Crippen LogP contribution in [0.4, 0.5) is 0 Å². The van der Waals surface area contributed by atoms with E-state index in [0.29, 0.717) is 23.1 Å². The highest BCUT2D eigenvalue weighted by Gasteiger charge is 2.71. The van der Waals surface area contributed by atoms with Crippen molar-refractivity contribution < 1.29 is 14.9 Å². The number of phenolic OH excluding ortho intramolecular Hbond substituents is 1. The lowest BCUT2D eigenvalue weighted by Crippen LogP contribution is -2.77. The van der Waals surface area contributed by atoms with E-state index in [1.807, 2.05) is 36.0 Å². The first-order chi connectivity index (χ1) is 11.7. The molecule has 1 aromatic rings. The molecule has 2 saturated heterocycles. The SMILES string of the molecule is Oc1ccccc1CSC1CC2=CC(O)OC23[C@H]2CCCCN2[C@H]13. The number of aliphatic hydroxyl groups is 1. The highest BCUT2D eigenvalue weighted by atomic mass is 32.2. The van der Waals surface area contributed by atoms with Crippen LogP contribution in [0, 0.1) is 0 Å². The number of aliphatic hydroxyl groups excluding tert-OH is 1. The molecule has 4 nitrogen and oxygen atoms in total. The molecule has 3 fully saturated rings. The van der Waals surface area contributed by atoms with Gasteiger partial charge in [-0.2, -0.15) is 11.8 Å². The van der Waals surface area contributed by atoms with E-state index in [9.17, 15) is 10.2 Å². The molecule has 5 rings (SSSR count). The second-order valence-corrected chi connectivity index (χ2v) is 8.60. The van der Waals surface area contributed by atoms with Crippen LogP contribution in [0.5, 0.6) is 5.75 Å². The fourth-order valence-electron chi connectivity index (χ4n) is 5.30. The van der Waals surface area contributed by atoms with E-state index in [0.717, 1.165) is 24.3 Å². The fourth-order valence-corrected chi connectivity index (χ4v) is 6.77. The zero-order valence-corrected chi connectivity index (χ0v) is 14.4. The van der Waals surface area contributed by atoms with Gasteiger partial charge in [-0.3, -0.25) is 4.90 Å². The van der Waals surface area contributed by atoms with Gasteiger partial charge in [-0.25, -0.2) is 0 Å². The number of para-hydroxylation sites is 1. The molecule has 3 aliphatic heterocycles. The Morgan fingerprint density at radius 2 is 2.17 bits per heavy atom. The molecule has 0 bridgehead atoms. The summed E-state index contributed by atoms with van der Waals surface area (Å²) in [6.45, 7) is 1.15. The highest BCUT2D eigenvalue weighted by Crippen LogP contribution is 2.61. The van der Waals surface area contributed by atoms with Crippen molar-refractivity contribution in [2.75, 3.05) is 6.54 Å². The smallest absolute Gasteiger partial charge is 0.175 e. The van der Waals surface area contributed by atoms with Crippen LogP contribution in [0.3, 0.4) is 0 Å². The van der Waals surface area contributed by atoms with E-state index in [-0.39, 0.29) is 5.60 Å². The fraction of sp³-hybridized carbons (Fsp3) is 0.579. The molecule has 0 amide bonds. The zero-order chi connectivity index (χ0) is 16.3. The van der Waals surface area contributed by atoms with Crippen molar-refractivity contribution in [3.05, 3.63) is 41.5 Å². The average molecular weight is 345 g/mol. The summed E-state index contributed by atoms with van der Waals surface area (Å²) in [5.41, 5.74) is 2.09. The number of hydrogen-bond acceptors (Lipinski definition) is 5. The maximum Gasteiger partial charge on any atom is 0.175 e. The lowest BCUT2D eigenvalue weighted by Gasteiger charge is -2.62. The zero-order valence-electron chi connectivity index (χ0n) is 13.6. The third-order valence-electron chi connectivity index (χ3n) is 6.22. The van der Waals surface area contributed by atoms with Gasteiger partial charge >= 0.3 is 0 Å². The van der Waals surface area contributed by atoms with E-state index < -0.39 is 6.29 Å². The van der Waals surface area contributed by atoms with E-state index >= 15 is 0 Å². The molecular formula is C19H23NO3S. The Morgan fingerprint density at radius 3 is 3.04 bits per heavy atom. The van der Waals surface area contributed by atoms with Gasteiger partial charge in [-0.15, -0.1) is 0 Å². The Hall–Kier alpha value is -1.01. The molecule has 4 aliphatic rings. The molecule has 24 heavy (non-hydrogen) atoms. The number of rotatable bonds is 3. The number of benzene rings is 1. The summed E-state index contributed by atoms with van der Waals surface area (Å²) in [4.78, 5) is 2.62. The summed E-state index contributed by atoms with van der Waals surface area (Å²) in [5, 5.41) is 20.5. The van der Waals surface area contributed by atoms with E-state index in [1.165, 1.54) is 24.8 Å². The predicted octanol–water partition coefficient (Wildman–Crippen LogP) is 2.65. The van der Waals surface area contributed by atoms with Gasteiger partial charge in [0.2, 0.25) is 0 Å². The summed E-state index contributed by atoms with van der Waals surface area (Å²) in [5.74, 6) is 1.20. The van der Waals surface area contributed by atoms with Crippen molar-refractivity contribution in [1.29, 1.82) is 0 Å². The van der Waals surface area contributed by atoms with Crippen LogP contribution in [-0.2, 0) is 10.5 Å². The number of aromatic hydroxyl groups is 1. The van der Waals surface area contributed by atoms with Crippen molar-refractivity contribution in [2.24, 2.45) is 0 Å². The quantitative estimate of drug-likeness (QED) is 0.825. The molecule has 5 heteroatoms. The Kier molecular flexibility index (Phi) is 3.49. The van der Waals surface area contributed by atoms with Crippen molar-refractivity contribution >= 4 is 11.8 Å². The Bertz CT molecular complexity index is 693. The van der Waals surface area contributed by atoms with Crippen LogP contribution >= 0.6 is 11.8 Å². The normalized spacial score (nSPS) is 40.5. The third kappa shape index (κ3) is 1.99. The largest absolute Gasteiger partial charge is 0.508 e. The maximum atomic E-state index is 10.0. The van der Waals surface area contributed by atoms with E-state index in [2.05, 4.69) is 4.90 Å². The van der Waals surface area contributed by atoms with Crippen LogP contribution in [0.2, 0.25) is 0 Å². The first-order valence-electron chi connectivity index (χ1n) is 8.91. The van der Waals surface area contributed by atoms with E-state index in [1.54, 1.807) is 6.07 Å². The van der Waals surface area contributed by atoms with Crippen LogP contribution in [0.25, 0.3) is 0 Å². The lowest BCUT2D eigenvalue weighted by molar-refractivity contribution is -0.242. The van der Waals surface area contributed by atoms with Gasteiger partial charge in [0.15, 0.2) is 6.29 Å². The van der Waals surface area contributed by atoms with Crippen molar-refractivity contribution in [3.63, 3.8) is 0 Å². The van der Waals surface area contributed by atoms with Gasteiger partial charge in [0, 0.05) is 22.6 Å². The molecule has 1 aliphatic carbocycles. The molecule has 1 aromatic carbocycles. The minimum Gasteiger partial charge on any atom is -0.508 e. The van der Waals surface area contributed by atoms with E-state index in [4.69, 9.17) is 4.74 Å². The molecule has 5 atom stereocenters. The topological polar surface area (TPSA) is 52.9 Å². The van der Waals surface area contributed by atoms with Gasteiger partial charge in [0.1, 0.15) is 11.4 Å². The highest BCUT2D eigenvalue weighted by molar-refractivity contribution is 7.99. The number of fused-ring (bicyclic) bond motifs is 2. The minimum atomic E-state index is -0.726. The first kappa shape index (κ1) is 15.3. The number of hydrogen-bond donors (Lipinski definition) is 2. The standard InChI is InChI=1S/C19H23NO3S/c21-14-6-2-1-5-12(14)11-24-15-9-13-10-17(22)23-19(13)16-7-3-4-8-20(16)18(15)19/h1-2,5-6,10,15-18,21-22H,3-4,7-9,11H2/t15?,16-,17?,18-,19?/m1/s1. The number of phenols is 1. The number of nitrogens with zero attached hydrogens (tertiary/aromatic N) is 1. The van der Waals surface area contributed by atoms with Crippen molar-refractivity contribution in [1.82, 2.24) is 4.90 Å². The number of piperidine rings is 1. The van der Waals surface area contributed by atoms with Crippen LogP contribution in [-0.4, -0.2) is 50.9 Å². The molecule has 3 heterocycles. The maximum absolute atomic E-state index is 10.0. The molecule has 0 radical (unpaired) electrons. The molecule has 0 aromatic heterocycles. The number of thioether (sulfide) groups is 1. The summed E-state index contributed by atoms with van der Waals surface area (Å²) in [7, 11) is 0. The Morgan fingerprint density at radius 1 is 1.29 bits per heavy atom. The molecular weight excluding hydrogens is 322 g/mol. The van der Waals surface area contributed by atoms with Gasteiger partial charge in [0.05, 0.1) is 6.04 Å². The summed E-state index contributed by atoms with van der Waals surface area (Å²) < 4.78 is 6.11. The third-order valence-corrected chi connectivity index (χ3v) is 7.55. The second-order valence-electron chi connectivity index (χ2n) is 7.37. The molecule has 2 N–H and O–H groups in total. The molecule has 128 valence electrons. The lowest BCUT2D eigenvalue weighted by atomic mass is 9.71. The van der Waals surface area contributed by atoms with Gasteiger partial charge in [-0.1, -0.05) is 24.6 Å². The summed E-state index contributed by atoms with van der Waals surface area (Å²) in [6, 6.07) is 8.43. The van der Waals surface area contributed by atoms with Gasteiger partial charge in [-0.05, 0) is 43.5 Å². The summed E-state index contributed by atoms with van der Waals surface area (Å²) >= 11 is 1.92. The first-order valence-corrected chi connectivity index (χ1v) is 9.96. The average Bonchev–Trinajstić information content (AvgIpc) is 3.03.